The number of hydrogen-bond donors (Lipinski definition) is 1. The molecule has 0 bridgehead atoms. The predicted molar refractivity (Wildman–Crippen MR) is 137 cm³/mol. The van der Waals surface area contributed by atoms with Crippen molar-refractivity contribution in [3.8, 4) is 5.82 Å². The first kappa shape index (κ1) is 24.1. The zero-order valence-electron chi connectivity index (χ0n) is 21.0. The van der Waals surface area contributed by atoms with Crippen molar-refractivity contribution in [2.75, 3.05) is 11.9 Å². The number of aryl methyl sites for hydroxylation is 2. The fraction of sp³-hybridized carbons (Fsp3) is 0.286. The molecule has 2 aromatic heterocycles. The number of carbonyl (C=O) groups excluding carboxylic acids is 2. The molecule has 4 rings (SSSR count). The van der Waals surface area contributed by atoms with Crippen LogP contribution in [-0.2, 0) is 10.2 Å². The number of nitrogens with one attached hydrogen (secondary N) is 1. The Kier molecular flexibility index (Phi) is 6.43. The van der Waals surface area contributed by atoms with Crippen molar-refractivity contribution in [3.05, 3.63) is 82.5 Å². The maximum atomic E-state index is 13.2. The fourth-order valence-corrected chi connectivity index (χ4v) is 3.95. The van der Waals surface area contributed by atoms with E-state index in [1.165, 1.54) is 10.9 Å². The number of carbonyl (C=O) groups is 2. The van der Waals surface area contributed by atoms with Gasteiger partial charge in [-0.25, -0.2) is 9.78 Å². The summed E-state index contributed by atoms with van der Waals surface area (Å²) in [5, 5.41) is 8.31. The molecule has 1 N–H and O–H groups in total. The molecular weight excluding hydrogens is 440 g/mol. The van der Waals surface area contributed by atoms with Crippen molar-refractivity contribution >= 4 is 28.6 Å². The number of nitrogens with zero attached hydrogens (tertiary/aromatic N) is 3. The Morgan fingerprint density at radius 3 is 2.40 bits per heavy atom. The lowest BCUT2D eigenvalue weighted by atomic mass is 9.87. The van der Waals surface area contributed by atoms with Crippen LogP contribution in [0.15, 0.2) is 54.7 Å². The van der Waals surface area contributed by atoms with Crippen LogP contribution in [-0.4, -0.2) is 33.2 Å². The van der Waals surface area contributed by atoms with Gasteiger partial charge in [0, 0.05) is 10.9 Å². The van der Waals surface area contributed by atoms with E-state index in [1.807, 2.05) is 50.2 Å². The van der Waals surface area contributed by atoms with Crippen LogP contribution in [0, 0.1) is 13.8 Å². The Bertz CT molecular complexity index is 1410. The van der Waals surface area contributed by atoms with E-state index in [4.69, 9.17) is 9.72 Å². The molecule has 0 aliphatic rings. The Morgan fingerprint density at radius 1 is 1.03 bits per heavy atom. The highest BCUT2D eigenvalue weighted by Gasteiger charge is 2.23. The number of anilines is 1. The van der Waals surface area contributed by atoms with Crippen molar-refractivity contribution in [2.24, 2.45) is 0 Å². The van der Waals surface area contributed by atoms with Gasteiger partial charge < -0.3 is 10.1 Å². The number of rotatable bonds is 5. The summed E-state index contributed by atoms with van der Waals surface area (Å²) in [5.74, 6) is -0.205. The van der Waals surface area contributed by atoms with Gasteiger partial charge in [-0.2, -0.15) is 9.78 Å². The predicted octanol–water partition coefficient (Wildman–Crippen LogP) is 5.76. The maximum Gasteiger partial charge on any atom is 0.343 e. The van der Waals surface area contributed by atoms with Gasteiger partial charge in [0.15, 0.2) is 11.6 Å². The summed E-state index contributed by atoms with van der Waals surface area (Å²) in [6.07, 6.45) is 1.40. The lowest BCUT2D eigenvalue weighted by molar-refractivity contribution is 0.0527. The summed E-state index contributed by atoms with van der Waals surface area (Å²) in [6.45, 7) is 12.3. The third-order valence-electron chi connectivity index (χ3n) is 5.96. The first-order chi connectivity index (χ1) is 16.6. The monoisotopic (exact) mass is 470 g/mol. The number of pyridine rings is 1. The number of amides is 1. The number of ether oxygens (including phenoxy) is 1. The largest absolute Gasteiger partial charge is 0.462 e. The zero-order valence-corrected chi connectivity index (χ0v) is 21.0. The minimum atomic E-state index is -0.564. The van der Waals surface area contributed by atoms with Gasteiger partial charge in [0.05, 0.1) is 18.3 Å². The van der Waals surface area contributed by atoms with Crippen molar-refractivity contribution in [3.63, 3.8) is 0 Å². The minimum absolute atomic E-state index is 0.0253. The molecule has 7 heteroatoms. The fourth-order valence-electron chi connectivity index (χ4n) is 3.95. The molecule has 0 atom stereocenters. The maximum absolute atomic E-state index is 13.2. The molecule has 0 radical (unpaired) electrons. The second-order valence-electron chi connectivity index (χ2n) is 9.59. The summed E-state index contributed by atoms with van der Waals surface area (Å²) in [5.41, 5.74) is 4.60. The molecule has 0 spiro atoms. The van der Waals surface area contributed by atoms with E-state index in [0.29, 0.717) is 11.4 Å². The van der Waals surface area contributed by atoms with Crippen molar-refractivity contribution in [1.29, 1.82) is 0 Å². The van der Waals surface area contributed by atoms with E-state index < -0.39 is 5.97 Å². The smallest absolute Gasteiger partial charge is 0.343 e. The van der Waals surface area contributed by atoms with Gasteiger partial charge in [0.2, 0.25) is 0 Å². The quantitative estimate of drug-likeness (QED) is 0.375. The molecule has 0 aliphatic heterocycles. The lowest BCUT2D eigenvalue weighted by Crippen LogP contribution is -2.19. The normalized spacial score (nSPS) is 11.5. The average molecular weight is 471 g/mol. The van der Waals surface area contributed by atoms with Crippen LogP contribution in [0.1, 0.15) is 65.1 Å². The van der Waals surface area contributed by atoms with Crippen molar-refractivity contribution in [1.82, 2.24) is 14.8 Å². The molecule has 2 heterocycles. The third-order valence-corrected chi connectivity index (χ3v) is 5.96. The van der Waals surface area contributed by atoms with E-state index in [2.05, 4.69) is 31.2 Å². The van der Waals surface area contributed by atoms with Gasteiger partial charge in [-0.05, 0) is 61.1 Å². The van der Waals surface area contributed by atoms with Crippen LogP contribution in [0.25, 0.3) is 16.7 Å². The molecular formula is C28H30N4O3. The third kappa shape index (κ3) is 4.80. The number of aromatic nitrogens is 3. The van der Waals surface area contributed by atoms with Crippen LogP contribution in [0.4, 0.5) is 5.82 Å². The molecule has 0 aliphatic carbocycles. The lowest BCUT2D eigenvalue weighted by Gasteiger charge is -2.19. The van der Waals surface area contributed by atoms with E-state index in [0.717, 1.165) is 27.6 Å². The van der Waals surface area contributed by atoms with Gasteiger partial charge >= 0.3 is 5.97 Å². The summed E-state index contributed by atoms with van der Waals surface area (Å²) in [6, 6.07) is 15.3. The van der Waals surface area contributed by atoms with Crippen LogP contribution in [0.3, 0.4) is 0 Å². The van der Waals surface area contributed by atoms with Gasteiger partial charge in [0.1, 0.15) is 5.56 Å². The van der Waals surface area contributed by atoms with Crippen LogP contribution < -0.4 is 5.32 Å². The molecule has 0 fully saturated rings. The van der Waals surface area contributed by atoms with Gasteiger partial charge in [-0.1, -0.05) is 51.1 Å². The van der Waals surface area contributed by atoms with Crippen LogP contribution in [0.5, 0.6) is 0 Å². The number of fused-ring (bicyclic) bond motifs is 1. The summed E-state index contributed by atoms with van der Waals surface area (Å²) < 4.78 is 6.69. The Labute approximate surface area is 205 Å². The molecule has 0 saturated carbocycles. The van der Waals surface area contributed by atoms with Gasteiger partial charge in [-0.15, -0.1) is 0 Å². The number of benzene rings is 2. The van der Waals surface area contributed by atoms with E-state index in [9.17, 15) is 9.59 Å². The summed E-state index contributed by atoms with van der Waals surface area (Å²) in [4.78, 5) is 30.7. The Balaban J connectivity index is 1.78. The number of para-hydroxylation sites is 1. The molecule has 35 heavy (non-hydrogen) atoms. The first-order valence-electron chi connectivity index (χ1n) is 11.6. The Hall–Kier alpha value is -4.00. The highest BCUT2D eigenvalue weighted by molar-refractivity contribution is 6.07. The molecule has 7 nitrogen and oxygen atoms in total. The highest BCUT2D eigenvalue weighted by atomic mass is 16.5. The Morgan fingerprint density at radius 2 is 1.74 bits per heavy atom. The van der Waals surface area contributed by atoms with Crippen molar-refractivity contribution < 1.29 is 14.3 Å². The minimum Gasteiger partial charge on any atom is -0.462 e. The summed E-state index contributed by atoms with van der Waals surface area (Å²) in [7, 11) is 0. The van der Waals surface area contributed by atoms with Gasteiger partial charge in [-0.3, -0.25) is 4.79 Å². The second-order valence-corrected chi connectivity index (χ2v) is 9.59. The van der Waals surface area contributed by atoms with Crippen LogP contribution >= 0.6 is 0 Å². The van der Waals surface area contributed by atoms with E-state index in [1.54, 1.807) is 19.1 Å². The highest BCUT2D eigenvalue weighted by Crippen LogP contribution is 2.27. The van der Waals surface area contributed by atoms with Crippen molar-refractivity contribution in [2.45, 2.75) is 47.0 Å². The van der Waals surface area contributed by atoms with E-state index in [-0.39, 0.29) is 29.3 Å². The zero-order chi connectivity index (χ0) is 25.3. The topological polar surface area (TPSA) is 86.1 Å². The van der Waals surface area contributed by atoms with Crippen LogP contribution in [0.2, 0.25) is 0 Å². The molecule has 0 unspecified atom stereocenters. The number of hydrogen-bond acceptors (Lipinski definition) is 5. The molecule has 0 saturated heterocycles. The average Bonchev–Trinajstić information content (AvgIpc) is 3.23. The number of esters is 1. The molecule has 2 aromatic carbocycles. The van der Waals surface area contributed by atoms with Gasteiger partial charge in [0.25, 0.3) is 5.91 Å². The summed E-state index contributed by atoms with van der Waals surface area (Å²) >= 11 is 0. The van der Waals surface area contributed by atoms with E-state index >= 15 is 0 Å². The SMILES string of the molecule is CCOC(=O)c1cnn(-c2cc(C)c3cccc(C)c3n2)c1NC(=O)c1ccc(C(C)(C)C)cc1. The molecule has 180 valence electrons. The first-order valence-corrected chi connectivity index (χ1v) is 11.6. The standard InChI is InChI=1S/C28H30N4O3/c1-7-35-27(34)22-16-29-32(23-15-18(3)21-10-8-9-17(2)24(21)30-23)25(22)31-26(33)19-11-13-20(14-12-19)28(4,5)6/h8-16H,7H2,1-6H3,(H,31,33). The second kappa shape index (κ2) is 9.33. The molecule has 4 aromatic rings. The molecule has 1 amide bonds.